The Labute approximate surface area is 72.0 Å². The molecule has 11 heavy (non-hydrogen) atoms. The van der Waals surface area contributed by atoms with Crippen molar-refractivity contribution in [2.24, 2.45) is 0 Å². The SMILES string of the molecule is [NH3+]CCCSc1ccccc1. The third-order valence-corrected chi connectivity index (χ3v) is 2.50. The van der Waals surface area contributed by atoms with E-state index in [-0.39, 0.29) is 0 Å². The molecular formula is C9H14NS+. The quantitative estimate of drug-likeness (QED) is 0.534. The van der Waals surface area contributed by atoms with Gasteiger partial charge in [0.05, 0.1) is 6.54 Å². The van der Waals surface area contributed by atoms with Crippen molar-refractivity contribution in [1.29, 1.82) is 0 Å². The molecule has 0 spiro atoms. The molecule has 0 amide bonds. The van der Waals surface area contributed by atoms with Gasteiger partial charge in [0, 0.05) is 17.1 Å². The van der Waals surface area contributed by atoms with Crippen molar-refractivity contribution in [3.63, 3.8) is 0 Å². The number of thioether (sulfide) groups is 1. The topological polar surface area (TPSA) is 27.6 Å². The Bertz CT molecular complexity index is 186. The Morgan fingerprint density at radius 2 is 1.91 bits per heavy atom. The summed E-state index contributed by atoms with van der Waals surface area (Å²) < 4.78 is 0. The van der Waals surface area contributed by atoms with E-state index < -0.39 is 0 Å². The Kier molecular flexibility index (Phi) is 4.09. The Balaban J connectivity index is 2.28. The maximum Gasteiger partial charge on any atom is 0.0747 e. The highest BCUT2D eigenvalue weighted by Crippen LogP contribution is 2.16. The molecule has 1 aromatic rings. The maximum atomic E-state index is 3.80. The van der Waals surface area contributed by atoms with E-state index in [4.69, 9.17) is 0 Å². The third kappa shape index (κ3) is 3.44. The highest BCUT2D eigenvalue weighted by molar-refractivity contribution is 7.99. The molecule has 1 rings (SSSR count). The summed E-state index contributed by atoms with van der Waals surface area (Å²) in [5.74, 6) is 1.19. The molecule has 0 fully saturated rings. The Morgan fingerprint density at radius 1 is 1.18 bits per heavy atom. The first-order valence-electron chi connectivity index (χ1n) is 3.90. The Morgan fingerprint density at radius 3 is 2.55 bits per heavy atom. The molecule has 0 aliphatic carbocycles. The Hall–Kier alpha value is -0.470. The fourth-order valence-electron chi connectivity index (χ4n) is 0.809. The van der Waals surface area contributed by atoms with Gasteiger partial charge < -0.3 is 5.73 Å². The van der Waals surface area contributed by atoms with Crippen LogP contribution in [0.5, 0.6) is 0 Å². The number of hydrogen-bond acceptors (Lipinski definition) is 1. The van der Waals surface area contributed by atoms with Crippen molar-refractivity contribution < 1.29 is 5.73 Å². The van der Waals surface area contributed by atoms with Crippen LogP contribution in [-0.4, -0.2) is 12.3 Å². The van der Waals surface area contributed by atoms with E-state index in [2.05, 4.69) is 30.0 Å². The highest BCUT2D eigenvalue weighted by Gasteiger charge is 1.90. The molecule has 0 aliphatic heterocycles. The summed E-state index contributed by atoms with van der Waals surface area (Å²) in [6.07, 6.45) is 1.21. The normalized spacial score (nSPS) is 9.91. The van der Waals surface area contributed by atoms with Crippen LogP contribution in [0.2, 0.25) is 0 Å². The standard InChI is InChI=1S/C9H13NS/c10-7-4-8-11-9-5-2-1-3-6-9/h1-3,5-6H,4,7-8,10H2/p+1. The van der Waals surface area contributed by atoms with E-state index in [9.17, 15) is 0 Å². The van der Waals surface area contributed by atoms with Crippen LogP contribution in [0.1, 0.15) is 6.42 Å². The molecule has 0 saturated carbocycles. The molecule has 0 heterocycles. The molecule has 1 aromatic carbocycles. The summed E-state index contributed by atoms with van der Waals surface area (Å²) in [4.78, 5) is 1.36. The molecule has 0 bridgehead atoms. The van der Waals surface area contributed by atoms with Gasteiger partial charge in [0.2, 0.25) is 0 Å². The molecule has 3 N–H and O–H groups in total. The van der Waals surface area contributed by atoms with E-state index in [1.807, 2.05) is 17.8 Å². The largest absolute Gasteiger partial charge is 0.358 e. The highest BCUT2D eigenvalue weighted by atomic mass is 32.2. The van der Waals surface area contributed by atoms with Gasteiger partial charge in [0.1, 0.15) is 0 Å². The molecule has 0 saturated heterocycles. The predicted octanol–water partition coefficient (Wildman–Crippen LogP) is 1.41. The lowest BCUT2D eigenvalue weighted by Gasteiger charge is -1.97. The zero-order valence-corrected chi connectivity index (χ0v) is 7.44. The van der Waals surface area contributed by atoms with E-state index in [1.54, 1.807) is 0 Å². The maximum absolute atomic E-state index is 3.80. The summed E-state index contributed by atoms with van der Waals surface area (Å²) in [5.41, 5.74) is 3.80. The van der Waals surface area contributed by atoms with Crippen LogP contribution in [0.4, 0.5) is 0 Å². The summed E-state index contributed by atoms with van der Waals surface area (Å²) in [5, 5.41) is 0. The van der Waals surface area contributed by atoms with Gasteiger partial charge in [-0.05, 0) is 12.1 Å². The van der Waals surface area contributed by atoms with Crippen LogP contribution < -0.4 is 5.73 Å². The molecule has 2 heteroatoms. The lowest BCUT2D eigenvalue weighted by molar-refractivity contribution is -0.367. The third-order valence-electron chi connectivity index (χ3n) is 1.41. The van der Waals surface area contributed by atoms with E-state index in [0.717, 1.165) is 6.54 Å². The second-order valence-electron chi connectivity index (χ2n) is 2.37. The van der Waals surface area contributed by atoms with E-state index in [1.165, 1.54) is 17.1 Å². The first kappa shape index (κ1) is 8.62. The van der Waals surface area contributed by atoms with Gasteiger partial charge in [-0.3, -0.25) is 0 Å². The minimum absolute atomic E-state index is 1.04. The first-order chi connectivity index (χ1) is 5.43. The second kappa shape index (κ2) is 5.22. The van der Waals surface area contributed by atoms with Gasteiger partial charge in [0.25, 0.3) is 0 Å². The van der Waals surface area contributed by atoms with Crippen molar-refractivity contribution in [2.75, 3.05) is 12.3 Å². The van der Waals surface area contributed by atoms with Crippen LogP contribution in [-0.2, 0) is 0 Å². The average molecular weight is 168 g/mol. The van der Waals surface area contributed by atoms with Crippen LogP contribution in [0.25, 0.3) is 0 Å². The molecule has 0 aliphatic rings. The van der Waals surface area contributed by atoms with Gasteiger partial charge in [-0.15, -0.1) is 11.8 Å². The fourth-order valence-corrected chi connectivity index (χ4v) is 1.74. The minimum Gasteiger partial charge on any atom is -0.358 e. The number of hydrogen-bond donors (Lipinski definition) is 1. The summed E-state index contributed by atoms with van der Waals surface area (Å²) in [6, 6.07) is 10.5. The molecule has 0 atom stereocenters. The second-order valence-corrected chi connectivity index (χ2v) is 3.54. The number of rotatable bonds is 4. The summed E-state index contributed by atoms with van der Waals surface area (Å²) in [7, 11) is 0. The molecular weight excluding hydrogens is 154 g/mol. The summed E-state index contributed by atoms with van der Waals surface area (Å²) >= 11 is 1.90. The smallest absolute Gasteiger partial charge is 0.0747 e. The van der Waals surface area contributed by atoms with Crippen molar-refractivity contribution in [3.8, 4) is 0 Å². The monoisotopic (exact) mass is 168 g/mol. The van der Waals surface area contributed by atoms with Crippen LogP contribution in [0.3, 0.4) is 0 Å². The van der Waals surface area contributed by atoms with Gasteiger partial charge in [-0.2, -0.15) is 0 Å². The van der Waals surface area contributed by atoms with Gasteiger partial charge in [-0.25, -0.2) is 0 Å². The van der Waals surface area contributed by atoms with Crippen LogP contribution in [0.15, 0.2) is 35.2 Å². The minimum atomic E-state index is 1.04. The number of quaternary nitrogens is 1. The molecule has 60 valence electrons. The van der Waals surface area contributed by atoms with Crippen LogP contribution >= 0.6 is 11.8 Å². The van der Waals surface area contributed by atoms with E-state index in [0.29, 0.717) is 0 Å². The van der Waals surface area contributed by atoms with Crippen molar-refractivity contribution in [1.82, 2.24) is 0 Å². The zero-order chi connectivity index (χ0) is 7.94. The van der Waals surface area contributed by atoms with Crippen LogP contribution in [0, 0.1) is 0 Å². The molecule has 0 aromatic heterocycles. The summed E-state index contributed by atoms with van der Waals surface area (Å²) in [6.45, 7) is 1.04. The van der Waals surface area contributed by atoms with Gasteiger partial charge >= 0.3 is 0 Å². The van der Waals surface area contributed by atoms with Crippen molar-refractivity contribution in [3.05, 3.63) is 30.3 Å². The molecule has 0 radical (unpaired) electrons. The number of benzene rings is 1. The fraction of sp³-hybridized carbons (Fsp3) is 0.333. The molecule has 0 unspecified atom stereocenters. The van der Waals surface area contributed by atoms with Crippen molar-refractivity contribution in [2.45, 2.75) is 11.3 Å². The van der Waals surface area contributed by atoms with E-state index >= 15 is 0 Å². The lowest BCUT2D eigenvalue weighted by atomic mass is 10.4. The van der Waals surface area contributed by atoms with Gasteiger partial charge in [-0.1, -0.05) is 18.2 Å². The zero-order valence-electron chi connectivity index (χ0n) is 6.62. The molecule has 1 nitrogen and oxygen atoms in total. The predicted molar refractivity (Wildman–Crippen MR) is 49.5 cm³/mol. The first-order valence-corrected chi connectivity index (χ1v) is 4.89. The average Bonchev–Trinajstić information content (AvgIpc) is 2.07. The van der Waals surface area contributed by atoms with Gasteiger partial charge in [0.15, 0.2) is 0 Å². The lowest BCUT2D eigenvalue weighted by Crippen LogP contribution is -2.50. The van der Waals surface area contributed by atoms with Crippen molar-refractivity contribution >= 4 is 11.8 Å².